The zero-order valence-corrected chi connectivity index (χ0v) is 11.4. The summed E-state index contributed by atoms with van der Waals surface area (Å²) < 4.78 is 1.76. The van der Waals surface area contributed by atoms with Crippen LogP contribution in [0.2, 0.25) is 0 Å². The number of hydrogen-bond acceptors (Lipinski definition) is 4. The highest BCUT2D eigenvalue weighted by molar-refractivity contribution is 7.10. The molecule has 2 heterocycles. The number of Topliss-reactive ketones (excluding diaryl/α,β-unsaturated/α-hetero) is 1. The summed E-state index contributed by atoms with van der Waals surface area (Å²) in [5.74, 6) is 0.0307. The zero-order chi connectivity index (χ0) is 13.1. The van der Waals surface area contributed by atoms with Gasteiger partial charge in [-0.1, -0.05) is 13.0 Å². The summed E-state index contributed by atoms with van der Waals surface area (Å²) in [5.41, 5.74) is 7.88. The van der Waals surface area contributed by atoms with E-state index >= 15 is 0 Å². The van der Waals surface area contributed by atoms with Crippen LogP contribution < -0.4 is 5.73 Å². The molecule has 2 rings (SSSR count). The molecule has 0 aliphatic carbocycles. The number of thiophene rings is 1. The van der Waals surface area contributed by atoms with Gasteiger partial charge >= 0.3 is 0 Å². The molecule has 0 aliphatic rings. The van der Waals surface area contributed by atoms with Crippen LogP contribution in [-0.2, 0) is 24.7 Å². The third-order valence-electron chi connectivity index (χ3n) is 2.94. The Hall–Kier alpha value is -1.46. The summed E-state index contributed by atoms with van der Waals surface area (Å²) in [7, 11) is 1.86. The van der Waals surface area contributed by atoms with Gasteiger partial charge in [-0.25, -0.2) is 0 Å². The molecule has 2 aromatic rings. The smallest absolute Gasteiger partial charge is 0.160 e. The van der Waals surface area contributed by atoms with Crippen molar-refractivity contribution in [2.45, 2.75) is 25.8 Å². The van der Waals surface area contributed by atoms with Crippen LogP contribution in [-0.4, -0.2) is 15.6 Å². The minimum absolute atomic E-state index is 0.0307. The molecule has 0 spiro atoms. The van der Waals surface area contributed by atoms with Crippen molar-refractivity contribution in [1.29, 1.82) is 0 Å². The van der Waals surface area contributed by atoms with E-state index in [0.29, 0.717) is 6.42 Å². The number of aromatic nitrogens is 2. The van der Waals surface area contributed by atoms with Crippen molar-refractivity contribution >= 4 is 17.1 Å². The molecule has 0 aromatic carbocycles. The van der Waals surface area contributed by atoms with E-state index in [1.165, 1.54) is 11.3 Å². The Morgan fingerprint density at radius 3 is 2.94 bits per heavy atom. The summed E-state index contributed by atoms with van der Waals surface area (Å²) in [6.45, 7) is 2.05. The second-order valence-electron chi connectivity index (χ2n) is 4.24. The number of nitrogens with zero attached hydrogens (tertiary/aromatic N) is 2. The fourth-order valence-corrected chi connectivity index (χ4v) is 2.57. The second kappa shape index (κ2) is 5.46. The van der Waals surface area contributed by atoms with E-state index in [1.807, 2.05) is 37.6 Å². The predicted octanol–water partition coefficient (Wildman–Crippen LogP) is 1.86. The molecule has 2 aromatic heterocycles. The lowest BCUT2D eigenvalue weighted by Crippen LogP contribution is -2.23. The van der Waals surface area contributed by atoms with Crippen LogP contribution in [0.25, 0.3) is 0 Å². The first-order valence-corrected chi connectivity index (χ1v) is 6.83. The van der Waals surface area contributed by atoms with Crippen molar-refractivity contribution in [2.75, 3.05) is 0 Å². The minimum atomic E-state index is -0.523. The predicted molar refractivity (Wildman–Crippen MR) is 72.5 cm³/mol. The second-order valence-corrected chi connectivity index (χ2v) is 5.22. The van der Waals surface area contributed by atoms with E-state index in [2.05, 4.69) is 5.10 Å². The molecule has 0 radical (unpaired) electrons. The van der Waals surface area contributed by atoms with Crippen LogP contribution in [0.1, 0.15) is 29.2 Å². The van der Waals surface area contributed by atoms with Crippen molar-refractivity contribution < 1.29 is 4.79 Å². The first-order valence-electron chi connectivity index (χ1n) is 5.95. The van der Waals surface area contributed by atoms with Crippen molar-refractivity contribution in [2.24, 2.45) is 12.8 Å². The third kappa shape index (κ3) is 2.68. The van der Waals surface area contributed by atoms with Gasteiger partial charge in [-0.05, 0) is 23.9 Å². The lowest BCUT2D eigenvalue weighted by atomic mass is 10.1. The Morgan fingerprint density at radius 2 is 2.39 bits per heavy atom. The number of ketones is 1. The standard InChI is InChI=1S/C13H17N3OS/c1-3-9-7-10(16(2)15-9)8-11(17)13(14)12-5-4-6-18-12/h4-7,13H,3,8,14H2,1-2H3. The van der Waals surface area contributed by atoms with Gasteiger partial charge in [-0.3, -0.25) is 9.48 Å². The van der Waals surface area contributed by atoms with Crippen molar-refractivity contribution in [3.8, 4) is 0 Å². The maximum absolute atomic E-state index is 12.1. The van der Waals surface area contributed by atoms with Gasteiger partial charge in [0.25, 0.3) is 0 Å². The number of rotatable bonds is 5. The zero-order valence-electron chi connectivity index (χ0n) is 10.6. The van der Waals surface area contributed by atoms with Crippen LogP contribution in [0, 0.1) is 0 Å². The van der Waals surface area contributed by atoms with Gasteiger partial charge < -0.3 is 5.73 Å². The van der Waals surface area contributed by atoms with Crippen LogP contribution in [0.15, 0.2) is 23.6 Å². The van der Waals surface area contributed by atoms with Crippen LogP contribution in [0.4, 0.5) is 0 Å². The molecular formula is C13H17N3OS. The molecule has 5 heteroatoms. The molecular weight excluding hydrogens is 246 g/mol. The lowest BCUT2D eigenvalue weighted by molar-refractivity contribution is -0.119. The van der Waals surface area contributed by atoms with E-state index in [4.69, 9.17) is 5.73 Å². The number of carbonyl (C=O) groups is 1. The molecule has 2 N–H and O–H groups in total. The molecule has 96 valence electrons. The van der Waals surface area contributed by atoms with Crippen LogP contribution in [0.5, 0.6) is 0 Å². The highest BCUT2D eigenvalue weighted by Crippen LogP contribution is 2.19. The van der Waals surface area contributed by atoms with E-state index in [9.17, 15) is 4.79 Å². The lowest BCUT2D eigenvalue weighted by Gasteiger charge is -2.08. The number of hydrogen-bond donors (Lipinski definition) is 1. The van der Waals surface area contributed by atoms with Gasteiger partial charge in [0.05, 0.1) is 18.2 Å². The Kier molecular flexibility index (Phi) is 3.93. The SMILES string of the molecule is CCc1cc(CC(=O)C(N)c2cccs2)n(C)n1. The monoisotopic (exact) mass is 263 g/mol. The summed E-state index contributed by atoms with van der Waals surface area (Å²) >= 11 is 1.52. The van der Waals surface area contributed by atoms with Crippen molar-refractivity contribution in [1.82, 2.24) is 9.78 Å². The van der Waals surface area contributed by atoms with E-state index in [-0.39, 0.29) is 5.78 Å². The Morgan fingerprint density at radius 1 is 1.61 bits per heavy atom. The number of nitrogens with two attached hydrogens (primary N) is 1. The molecule has 18 heavy (non-hydrogen) atoms. The largest absolute Gasteiger partial charge is 0.317 e. The summed E-state index contributed by atoms with van der Waals surface area (Å²) in [5, 5.41) is 6.26. The van der Waals surface area contributed by atoms with Gasteiger partial charge in [0.2, 0.25) is 0 Å². The van der Waals surface area contributed by atoms with Crippen LogP contribution >= 0.6 is 11.3 Å². The third-order valence-corrected chi connectivity index (χ3v) is 3.90. The normalized spacial score (nSPS) is 12.6. The highest BCUT2D eigenvalue weighted by Gasteiger charge is 2.18. The maximum Gasteiger partial charge on any atom is 0.160 e. The molecule has 0 bridgehead atoms. The Bertz CT molecular complexity index is 530. The first kappa shape index (κ1) is 13.0. The number of aryl methyl sites for hydroxylation is 2. The summed E-state index contributed by atoms with van der Waals surface area (Å²) in [6.07, 6.45) is 1.21. The Balaban J connectivity index is 2.09. The Labute approximate surface area is 110 Å². The fourth-order valence-electron chi connectivity index (χ4n) is 1.83. The molecule has 1 atom stereocenters. The van der Waals surface area contributed by atoms with Crippen molar-refractivity contribution in [3.05, 3.63) is 39.8 Å². The highest BCUT2D eigenvalue weighted by atomic mass is 32.1. The van der Waals surface area contributed by atoms with E-state index in [0.717, 1.165) is 22.7 Å². The van der Waals surface area contributed by atoms with E-state index in [1.54, 1.807) is 4.68 Å². The van der Waals surface area contributed by atoms with Gasteiger partial charge in [-0.15, -0.1) is 11.3 Å². The molecule has 4 nitrogen and oxygen atoms in total. The van der Waals surface area contributed by atoms with Gasteiger partial charge in [0.15, 0.2) is 5.78 Å². The average Bonchev–Trinajstić information content (AvgIpc) is 2.98. The molecule has 0 aliphatic heterocycles. The molecule has 1 unspecified atom stereocenters. The summed E-state index contributed by atoms with van der Waals surface area (Å²) in [4.78, 5) is 13.0. The summed E-state index contributed by atoms with van der Waals surface area (Å²) in [6, 6.07) is 5.25. The molecule has 0 saturated carbocycles. The fraction of sp³-hybridized carbons (Fsp3) is 0.385. The van der Waals surface area contributed by atoms with Gasteiger partial charge in [0, 0.05) is 17.6 Å². The van der Waals surface area contributed by atoms with E-state index < -0.39 is 6.04 Å². The molecule has 0 fully saturated rings. The van der Waals surface area contributed by atoms with Crippen LogP contribution in [0.3, 0.4) is 0 Å². The maximum atomic E-state index is 12.1. The first-order chi connectivity index (χ1) is 8.61. The number of carbonyl (C=O) groups excluding carboxylic acids is 1. The van der Waals surface area contributed by atoms with Crippen molar-refractivity contribution in [3.63, 3.8) is 0 Å². The van der Waals surface area contributed by atoms with Gasteiger partial charge in [-0.2, -0.15) is 5.10 Å². The minimum Gasteiger partial charge on any atom is -0.317 e. The topological polar surface area (TPSA) is 60.9 Å². The van der Waals surface area contributed by atoms with Gasteiger partial charge in [0.1, 0.15) is 0 Å². The molecule has 0 saturated heterocycles. The average molecular weight is 263 g/mol. The quantitative estimate of drug-likeness (QED) is 0.895. The molecule has 0 amide bonds.